The third kappa shape index (κ3) is 21.7. The summed E-state index contributed by atoms with van der Waals surface area (Å²) in [6, 6.07) is 4.80. The Kier molecular flexibility index (Phi) is 24.5. The van der Waals surface area contributed by atoms with Crippen molar-refractivity contribution in [1.82, 2.24) is 41.9 Å². The number of hydrogen-bond acceptors (Lipinski definition) is 13. The number of aromatic nitrogens is 2. The lowest BCUT2D eigenvalue weighted by Crippen LogP contribution is -2.60. The zero-order valence-corrected chi connectivity index (χ0v) is 40.0. The highest BCUT2D eigenvalue weighted by molar-refractivity contribution is 5.97. The van der Waals surface area contributed by atoms with Crippen molar-refractivity contribution in [3.63, 3.8) is 0 Å². The second kappa shape index (κ2) is 30.1. The van der Waals surface area contributed by atoms with Gasteiger partial charge in [-0.25, -0.2) is 9.78 Å². The van der Waals surface area contributed by atoms with Crippen molar-refractivity contribution in [3.8, 4) is 5.75 Å². The molecule has 0 aliphatic carbocycles. The Balaban J connectivity index is 1.94. The highest BCUT2D eigenvalue weighted by atomic mass is 16.4. The Morgan fingerprint density at radius 2 is 1.15 bits per heavy atom. The molecule has 0 aliphatic heterocycles. The molecule has 0 unspecified atom stereocenters. The van der Waals surface area contributed by atoms with Crippen molar-refractivity contribution in [1.29, 1.82) is 0 Å². The minimum atomic E-state index is -1.59. The number of aromatic hydroxyl groups is 1. The van der Waals surface area contributed by atoms with Crippen LogP contribution >= 0.6 is 0 Å². The summed E-state index contributed by atoms with van der Waals surface area (Å²) in [6.45, 7) is 4.00. The van der Waals surface area contributed by atoms with Crippen molar-refractivity contribution in [2.45, 2.75) is 127 Å². The lowest BCUT2D eigenvalue weighted by Gasteiger charge is -2.28. The number of H-pyrrole nitrogens is 1. The molecule has 0 spiro atoms. The molecule has 0 saturated heterocycles. The topological polar surface area (TPSA) is 415 Å². The van der Waals surface area contributed by atoms with Crippen LogP contribution in [0.2, 0.25) is 0 Å². The predicted molar refractivity (Wildman–Crippen MR) is 261 cm³/mol. The van der Waals surface area contributed by atoms with E-state index in [2.05, 4.69) is 46.9 Å². The second-order valence-corrected chi connectivity index (χ2v) is 17.4. The first kappa shape index (κ1) is 57.7. The molecular formula is C47H69N13O11. The number of benzene rings is 2. The van der Waals surface area contributed by atoms with Gasteiger partial charge in [-0.2, -0.15) is 0 Å². The second-order valence-electron chi connectivity index (χ2n) is 17.4. The number of amides is 6. The number of carboxylic acid groups (broad SMARTS) is 2. The number of aliphatic carboxylic acids is 2. The zero-order valence-electron chi connectivity index (χ0n) is 40.0. The highest BCUT2D eigenvalue weighted by Gasteiger charge is 2.34. The van der Waals surface area contributed by atoms with E-state index in [0.717, 1.165) is 0 Å². The summed E-state index contributed by atoms with van der Waals surface area (Å²) in [7, 11) is 0. The van der Waals surface area contributed by atoms with E-state index >= 15 is 0 Å². The van der Waals surface area contributed by atoms with Crippen molar-refractivity contribution in [3.05, 3.63) is 83.9 Å². The fourth-order valence-electron chi connectivity index (χ4n) is 7.24. The number of nitrogens with zero attached hydrogens (tertiary/aromatic N) is 2. The Morgan fingerprint density at radius 3 is 1.72 bits per heavy atom. The van der Waals surface area contributed by atoms with Crippen LogP contribution < -0.4 is 54.8 Å². The molecular weight excluding hydrogens is 923 g/mol. The average molecular weight is 992 g/mol. The van der Waals surface area contributed by atoms with Gasteiger partial charge in [0.05, 0.1) is 12.4 Å². The van der Waals surface area contributed by atoms with Gasteiger partial charge in [0, 0.05) is 44.1 Å². The quantitative estimate of drug-likeness (QED) is 0.0193. The number of phenols is 1. The molecule has 71 heavy (non-hydrogen) atoms. The summed E-state index contributed by atoms with van der Waals surface area (Å²) in [4.78, 5) is 119. The molecule has 3 rings (SSSR count). The van der Waals surface area contributed by atoms with Crippen molar-refractivity contribution < 1.29 is 53.7 Å². The molecule has 0 fully saturated rings. The van der Waals surface area contributed by atoms with Crippen molar-refractivity contribution in [2.75, 3.05) is 13.1 Å². The molecule has 3 aromatic rings. The summed E-state index contributed by atoms with van der Waals surface area (Å²) in [5, 5.41) is 45.2. The van der Waals surface area contributed by atoms with Crippen LogP contribution in [0.4, 0.5) is 0 Å². The summed E-state index contributed by atoms with van der Waals surface area (Å²) in [5.41, 5.74) is 24.1. The van der Waals surface area contributed by atoms with Gasteiger partial charge in [-0.3, -0.25) is 38.6 Å². The van der Waals surface area contributed by atoms with Crippen LogP contribution in [-0.4, -0.2) is 134 Å². The van der Waals surface area contributed by atoms with Crippen molar-refractivity contribution in [2.24, 2.45) is 33.8 Å². The Morgan fingerprint density at radius 1 is 0.634 bits per heavy atom. The highest BCUT2D eigenvalue weighted by Crippen LogP contribution is 2.15. The number of unbranched alkanes of at least 4 members (excludes halogenated alkanes) is 1. The van der Waals surface area contributed by atoms with Crippen LogP contribution in [-0.2, 0) is 57.6 Å². The van der Waals surface area contributed by atoms with Gasteiger partial charge in [-0.15, -0.1) is 0 Å². The van der Waals surface area contributed by atoms with Crippen molar-refractivity contribution >= 4 is 53.3 Å². The zero-order chi connectivity index (χ0) is 52.5. The number of carboxylic acids is 2. The fourth-order valence-corrected chi connectivity index (χ4v) is 7.24. The van der Waals surface area contributed by atoms with Gasteiger partial charge in [0.1, 0.15) is 42.0 Å². The summed E-state index contributed by atoms with van der Waals surface area (Å²) in [6.07, 6.45) is 2.88. The first-order valence-electron chi connectivity index (χ1n) is 23.3. The summed E-state index contributed by atoms with van der Waals surface area (Å²) < 4.78 is 0. The molecule has 0 saturated carbocycles. The minimum Gasteiger partial charge on any atom is -0.508 e. The van der Waals surface area contributed by atoms with Crippen LogP contribution in [0.1, 0.15) is 82.0 Å². The van der Waals surface area contributed by atoms with Gasteiger partial charge in [0.2, 0.25) is 35.4 Å². The molecule has 1 aromatic heterocycles. The molecule has 24 nitrogen and oxygen atoms in total. The Bertz CT molecular complexity index is 2220. The summed E-state index contributed by atoms with van der Waals surface area (Å²) >= 11 is 0. The molecule has 2 aromatic carbocycles. The number of carbonyl (C=O) groups is 8. The number of aromatic amines is 1. The number of rotatable bonds is 32. The molecule has 24 heteroatoms. The maximum atomic E-state index is 14.4. The number of phenolic OH excluding ortho intramolecular Hbond substituents is 1. The van der Waals surface area contributed by atoms with E-state index in [-0.39, 0.29) is 69.1 Å². The van der Waals surface area contributed by atoms with Crippen LogP contribution in [0.5, 0.6) is 5.75 Å². The average Bonchev–Trinajstić information content (AvgIpc) is 3.84. The normalized spacial score (nSPS) is 14.0. The predicted octanol–water partition coefficient (Wildman–Crippen LogP) is -1.44. The maximum absolute atomic E-state index is 14.4. The molecule has 0 aliphatic rings. The van der Waals surface area contributed by atoms with E-state index in [1.54, 1.807) is 44.2 Å². The maximum Gasteiger partial charge on any atom is 0.326 e. The van der Waals surface area contributed by atoms with E-state index in [0.29, 0.717) is 36.2 Å². The smallest absolute Gasteiger partial charge is 0.326 e. The Labute approximate surface area is 411 Å². The molecule has 7 atom stereocenters. The molecule has 1 heterocycles. The lowest BCUT2D eigenvalue weighted by atomic mass is 9.99. The van der Waals surface area contributed by atoms with E-state index in [9.17, 15) is 53.7 Å². The third-order valence-electron chi connectivity index (χ3n) is 11.0. The lowest BCUT2D eigenvalue weighted by molar-refractivity contribution is -0.142. The number of nitrogens with two attached hydrogens (primary N) is 4. The summed E-state index contributed by atoms with van der Waals surface area (Å²) in [5.74, 6) is -8.25. The van der Waals surface area contributed by atoms with Crippen LogP contribution in [0.3, 0.4) is 0 Å². The van der Waals surface area contributed by atoms with Gasteiger partial charge in [-0.05, 0) is 74.2 Å². The SMILES string of the molecule is CC(C)C[C@H](NC(=O)[C@H](Cc1ccc(O)cc1)NC(=O)[C@H](CCC(=O)O)NC(=O)[C@H](Cc1cnc[nH]1)NC(=O)[C@@H](N)CCCCN)C(=O)N[C@@H](CCCN=C(N)N)C(=O)N[C@@H](Cc1ccccc1)C(=O)O. The van der Waals surface area contributed by atoms with E-state index in [1.807, 2.05) is 0 Å². The van der Waals surface area contributed by atoms with Crippen LogP contribution in [0.25, 0.3) is 0 Å². The standard InChI is InChI=1S/C47H69N13O11/c1-27(2)21-35(43(67)55-33(12-8-20-53-47(50)51)41(65)60-38(46(70)71)23-28-9-4-3-5-10-28)58-44(68)36(22-29-13-15-31(61)16-14-29)59-42(66)34(17-18-39(62)63)56-45(69)37(24-30-25-52-26-54-30)57-40(64)32(49)11-6-7-19-48/h3-5,9-10,13-16,25-27,32-38,61H,6-8,11-12,17-24,48-49H2,1-2H3,(H,52,54)(H,55,67)(H,56,69)(H,57,64)(H,58,68)(H,59,66)(H,60,65)(H,62,63)(H,70,71)(H4,50,51,53)/t32-,33-,34-,35-,36-,37-,38-/m0/s1. The monoisotopic (exact) mass is 992 g/mol. The van der Waals surface area contributed by atoms with Gasteiger partial charge in [0.15, 0.2) is 5.96 Å². The van der Waals surface area contributed by atoms with Gasteiger partial charge in [-0.1, -0.05) is 62.7 Å². The van der Waals surface area contributed by atoms with Gasteiger partial charge < -0.3 is 75.1 Å². The van der Waals surface area contributed by atoms with E-state index in [4.69, 9.17) is 22.9 Å². The van der Waals surface area contributed by atoms with E-state index in [1.165, 1.54) is 36.8 Å². The first-order valence-corrected chi connectivity index (χ1v) is 23.3. The fraction of sp³-hybridized carbons (Fsp3) is 0.489. The number of carbonyl (C=O) groups excluding carboxylic acids is 6. The van der Waals surface area contributed by atoms with Crippen LogP contribution in [0.15, 0.2) is 72.1 Å². The number of nitrogens with one attached hydrogen (secondary N) is 7. The molecule has 0 bridgehead atoms. The minimum absolute atomic E-state index is 0.0168. The van der Waals surface area contributed by atoms with Crippen LogP contribution in [0, 0.1) is 5.92 Å². The molecule has 18 N–H and O–H groups in total. The number of aliphatic imine (C=N–C) groups is 1. The Hall–Kier alpha value is -7.60. The van der Waals surface area contributed by atoms with Gasteiger partial charge >= 0.3 is 11.9 Å². The largest absolute Gasteiger partial charge is 0.508 e. The van der Waals surface area contributed by atoms with Gasteiger partial charge in [0.25, 0.3) is 0 Å². The first-order chi connectivity index (χ1) is 33.8. The number of guanidine groups is 1. The molecule has 388 valence electrons. The third-order valence-corrected chi connectivity index (χ3v) is 11.0. The number of hydrogen-bond donors (Lipinski definition) is 14. The van der Waals surface area contributed by atoms with E-state index < -0.39 is 103 Å². The number of imidazole rings is 1. The molecule has 6 amide bonds. The molecule has 0 radical (unpaired) electrons.